The molecule has 5 aliphatic carbocycles. The Bertz CT molecular complexity index is 547. The molecule has 0 saturated heterocycles. The van der Waals surface area contributed by atoms with Gasteiger partial charge in [0.25, 0.3) is 0 Å². The average molecular weight is 329 g/mol. The van der Waals surface area contributed by atoms with Gasteiger partial charge in [-0.3, -0.25) is 0 Å². The molecule has 1 atom stereocenters. The molecule has 1 radical (unpaired) electrons. The minimum atomic E-state index is -0.479. The molecule has 4 bridgehead atoms. The summed E-state index contributed by atoms with van der Waals surface area (Å²) in [6.45, 7) is 14.7. The van der Waals surface area contributed by atoms with Crippen LogP contribution in [0, 0.1) is 23.7 Å². The van der Waals surface area contributed by atoms with E-state index in [1.807, 2.05) is 0 Å². The minimum absolute atomic E-state index is 0.479. The van der Waals surface area contributed by atoms with E-state index in [1.54, 1.807) is 41.7 Å². The van der Waals surface area contributed by atoms with Crippen LogP contribution in [0.2, 0.25) is 13.1 Å². The van der Waals surface area contributed by atoms with Crippen molar-refractivity contribution in [3.05, 3.63) is 22.4 Å². The third-order valence-electron chi connectivity index (χ3n) is 7.77. The van der Waals surface area contributed by atoms with Gasteiger partial charge in [-0.2, -0.15) is 0 Å². The van der Waals surface area contributed by atoms with Crippen LogP contribution in [-0.4, -0.2) is 19.1 Å². The second-order valence-corrected chi connectivity index (χ2v) is 11.8. The summed E-state index contributed by atoms with van der Waals surface area (Å²) in [6, 6.07) is 0. The first kappa shape index (κ1) is 16.0. The van der Waals surface area contributed by atoms with E-state index < -0.39 is 8.96 Å². The van der Waals surface area contributed by atoms with E-state index in [1.165, 1.54) is 19.3 Å². The van der Waals surface area contributed by atoms with Gasteiger partial charge in [0.15, 0.2) is 8.96 Å². The molecule has 1 nitrogen and oxygen atoms in total. The summed E-state index contributed by atoms with van der Waals surface area (Å²) in [4.78, 5) is 0. The summed E-state index contributed by atoms with van der Waals surface area (Å²) < 4.78 is 3.04. The van der Waals surface area contributed by atoms with Crippen molar-refractivity contribution in [3.63, 3.8) is 0 Å². The second-order valence-electron chi connectivity index (χ2n) is 9.46. The average Bonchev–Trinajstić information content (AvgIpc) is 2.63. The zero-order valence-electron chi connectivity index (χ0n) is 16.0. The van der Waals surface area contributed by atoms with Gasteiger partial charge in [0.1, 0.15) is 0 Å². The minimum Gasteiger partial charge on any atom is -0.395 e. The van der Waals surface area contributed by atoms with Gasteiger partial charge < -0.3 is 4.57 Å². The highest BCUT2D eigenvalue weighted by atomic mass is 28.3. The lowest BCUT2D eigenvalue weighted by Gasteiger charge is -2.63. The van der Waals surface area contributed by atoms with Crippen LogP contribution < -0.4 is 0 Å². The number of rotatable bonds is 3. The normalized spacial score (nSPS) is 42.4. The summed E-state index contributed by atoms with van der Waals surface area (Å²) >= 11 is 0. The molecular formula is C21H34NSi. The highest BCUT2D eigenvalue weighted by Gasteiger charge is 2.55. The van der Waals surface area contributed by atoms with E-state index in [4.69, 9.17) is 0 Å². The monoisotopic (exact) mass is 328 g/mol. The molecule has 0 aliphatic heterocycles. The Kier molecular flexibility index (Phi) is 3.65. The van der Waals surface area contributed by atoms with Crippen molar-refractivity contribution in [2.75, 3.05) is 0 Å². The van der Waals surface area contributed by atoms with E-state index >= 15 is 0 Å². The van der Waals surface area contributed by atoms with Gasteiger partial charge in [0.05, 0.1) is 0 Å². The van der Waals surface area contributed by atoms with Crippen LogP contribution in [-0.2, 0) is 0 Å². The Morgan fingerprint density at radius 2 is 1.35 bits per heavy atom. The number of hydrogen-bond acceptors (Lipinski definition) is 1. The van der Waals surface area contributed by atoms with Crippen molar-refractivity contribution < 1.29 is 0 Å². The predicted molar refractivity (Wildman–Crippen MR) is 100 cm³/mol. The van der Waals surface area contributed by atoms with Crippen LogP contribution in [0.5, 0.6) is 0 Å². The van der Waals surface area contributed by atoms with Gasteiger partial charge in [-0.1, -0.05) is 25.6 Å². The van der Waals surface area contributed by atoms with E-state index in [0.717, 1.165) is 17.8 Å². The maximum absolute atomic E-state index is 3.04. The third kappa shape index (κ3) is 2.23. The molecule has 0 aromatic carbocycles. The summed E-state index contributed by atoms with van der Waals surface area (Å²) in [5, 5.41) is 0. The Balaban J connectivity index is 1.76. The van der Waals surface area contributed by atoms with E-state index in [-0.39, 0.29) is 0 Å². The van der Waals surface area contributed by atoms with Crippen molar-refractivity contribution in [1.29, 1.82) is 0 Å². The van der Waals surface area contributed by atoms with Crippen LogP contribution in [0.4, 0.5) is 0 Å². The Morgan fingerprint density at radius 1 is 0.870 bits per heavy atom. The van der Waals surface area contributed by atoms with Crippen molar-refractivity contribution in [1.82, 2.24) is 4.57 Å². The van der Waals surface area contributed by atoms with Gasteiger partial charge in [-0.15, -0.1) is 0 Å². The van der Waals surface area contributed by atoms with Crippen LogP contribution in [0.3, 0.4) is 0 Å². The topological polar surface area (TPSA) is 3.24 Å². The summed E-state index contributed by atoms with van der Waals surface area (Å²) in [7, 11) is -0.479. The molecular weight excluding hydrogens is 294 g/mol. The summed E-state index contributed by atoms with van der Waals surface area (Å²) in [5.74, 6) is 3.76. The fraction of sp³-hybridized carbons (Fsp3) is 0.810. The molecule has 23 heavy (non-hydrogen) atoms. The zero-order chi connectivity index (χ0) is 16.5. The van der Waals surface area contributed by atoms with Gasteiger partial charge in [-0.25, -0.2) is 0 Å². The van der Waals surface area contributed by atoms with Crippen molar-refractivity contribution in [2.45, 2.75) is 84.9 Å². The molecule has 5 rings (SSSR count). The molecule has 5 aliphatic rings. The Hall–Kier alpha value is -0.503. The fourth-order valence-corrected chi connectivity index (χ4v) is 9.08. The van der Waals surface area contributed by atoms with Crippen LogP contribution in [0.15, 0.2) is 22.4 Å². The first-order valence-electron chi connectivity index (χ1n) is 9.81. The first-order chi connectivity index (χ1) is 10.8. The fourth-order valence-electron chi connectivity index (χ4n) is 7.01. The highest BCUT2D eigenvalue weighted by molar-refractivity contribution is 6.53. The van der Waals surface area contributed by atoms with E-state index in [0.29, 0.717) is 11.5 Å². The summed E-state index contributed by atoms with van der Waals surface area (Å²) in [6.07, 6.45) is 9.13. The lowest BCUT2D eigenvalue weighted by atomic mass is 9.53. The van der Waals surface area contributed by atoms with Crippen LogP contribution in [0.1, 0.15) is 66.2 Å². The van der Waals surface area contributed by atoms with E-state index in [2.05, 4.69) is 45.4 Å². The first-order valence-corrected chi connectivity index (χ1v) is 12.3. The molecule has 0 aromatic heterocycles. The molecule has 0 spiro atoms. The van der Waals surface area contributed by atoms with Gasteiger partial charge in [0.2, 0.25) is 0 Å². The van der Waals surface area contributed by atoms with Gasteiger partial charge in [-0.05, 0) is 88.2 Å². The smallest absolute Gasteiger partial charge is 0.163 e. The van der Waals surface area contributed by atoms with Gasteiger partial charge >= 0.3 is 0 Å². The predicted octanol–water partition coefficient (Wildman–Crippen LogP) is 5.77. The Morgan fingerprint density at radius 3 is 1.70 bits per heavy atom. The van der Waals surface area contributed by atoms with Crippen molar-refractivity contribution >= 4 is 8.96 Å². The standard InChI is InChI=1S/C21H34NSi/c1-13-14(2)16(4)20(15(13)3)22(23(5)6)21-10-17-7-18(11-21)9-19(8-17)12-21/h15,17-19H,7-12H2,1-6H3. The number of hydrogen-bond donors (Lipinski definition) is 0. The van der Waals surface area contributed by atoms with Crippen molar-refractivity contribution in [2.24, 2.45) is 23.7 Å². The van der Waals surface area contributed by atoms with Crippen molar-refractivity contribution in [3.8, 4) is 0 Å². The van der Waals surface area contributed by atoms with E-state index in [9.17, 15) is 0 Å². The molecule has 0 amide bonds. The Labute approximate surface area is 144 Å². The maximum atomic E-state index is 3.04. The lowest BCUT2D eigenvalue weighted by molar-refractivity contribution is -0.0514. The largest absolute Gasteiger partial charge is 0.395 e. The molecule has 1 unspecified atom stereocenters. The molecule has 2 heteroatoms. The molecule has 0 aromatic rings. The lowest BCUT2D eigenvalue weighted by Crippen LogP contribution is -2.62. The summed E-state index contributed by atoms with van der Waals surface area (Å²) in [5.41, 5.74) is 7.06. The SMILES string of the molecule is CC1=C(C)C(C)C(N([Si](C)C)C23CC4CC(CC(C4)C2)C3)=C1C. The number of allylic oxidation sites excluding steroid dienone is 3. The molecule has 0 N–H and O–H groups in total. The molecule has 4 saturated carbocycles. The third-order valence-corrected chi connectivity index (χ3v) is 9.38. The second kappa shape index (κ2) is 5.24. The maximum Gasteiger partial charge on any atom is 0.163 e. The molecule has 127 valence electrons. The number of nitrogens with zero attached hydrogens (tertiary/aromatic N) is 1. The quantitative estimate of drug-likeness (QED) is 0.595. The molecule has 0 heterocycles. The van der Waals surface area contributed by atoms with Crippen LogP contribution >= 0.6 is 0 Å². The van der Waals surface area contributed by atoms with Crippen LogP contribution in [0.25, 0.3) is 0 Å². The highest BCUT2D eigenvalue weighted by Crippen LogP contribution is 2.59. The van der Waals surface area contributed by atoms with Gasteiger partial charge in [0, 0.05) is 17.2 Å². The zero-order valence-corrected chi connectivity index (χ0v) is 17.0. The molecule has 4 fully saturated rings.